The van der Waals surface area contributed by atoms with Crippen LogP contribution in [0.5, 0.6) is 5.75 Å². The topological polar surface area (TPSA) is 29.5 Å². The quantitative estimate of drug-likeness (QED) is 0.770. The second-order valence-electron chi connectivity index (χ2n) is 5.98. The van der Waals surface area contributed by atoms with Gasteiger partial charge in [0, 0.05) is 5.56 Å². The lowest BCUT2D eigenvalue weighted by Crippen LogP contribution is -2.09. The zero-order chi connectivity index (χ0) is 14.2. The molecular formula is C18H28O2. The normalized spacial score (nSPS) is 17.9. The van der Waals surface area contributed by atoms with E-state index in [-0.39, 0.29) is 6.10 Å². The van der Waals surface area contributed by atoms with Gasteiger partial charge in [0.05, 0.1) is 12.7 Å². The lowest BCUT2D eigenvalue weighted by Gasteiger charge is -2.23. The van der Waals surface area contributed by atoms with Crippen molar-refractivity contribution in [3.63, 3.8) is 0 Å². The van der Waals surface area contributed by atoms with Crippen molar-refractivity contribution in [2.24, 2.45) is 5.92 Å². The van der Waals surface area contributed by atoms with Crippen LogP contribution in [0.4, 0.5) is 0 Å². The molecule has 112 valence electrons. The molecule has 1 aromatic rings. The number of ether oxygens (including phenoxy) is 1. The fourth-order valence-corrected chi connectivity index (χ4v) is 3.12. The summed E-state index contributed by atoms with van der Waals surface area (Å²) in [6, 6.07) is 7.92. The smallest absolute Gasteiger partial charge is 0.125 e. The van der Waals surface area contributed by atoms with Crippen LogP contribution >= 0.6 is 0 Å². The van der Waals surface area contributed by atoms with Crippen LogP contribution in [-0.2, 0) is 0 Å². The van der Waals surface area contributed by atoms with Crippen LogP contribution in [0.1, 0.15) is 70.0 Å². The Kier molecular flexibility index (Phi) is 6.38. The summed E-state index contributed by atoms with van der Waals surface area (Å²) in [4.78, 5) is 0. The highest BCUT2D eigenvalue weighted by Gasteiger charge is 2.18. The second kappa shape index (κ2) is 8.31. The molecule has 1 aromatic carbocycles. The van der Waals surface area contributed by atoms with Crippen LogP contribution in [0.2, 0.25) is 0 Å². The molecular weight excluding hydrogens is 248 g/mol. The molecule has 1 saturated carbocycles. The van der Waals surface area contributed by atoms with Crippen LogP contribution in [0.25, 0.3) is 0 Å². The van der Waals surface area contributed by atoms with Gasteiger partial charge < -0.3 is 9.84 Å². The molecule has 1 aliphatic rings. The molecule has 1 aliphatic carbocycles. The van der Waals surface area contributed by atoms with Crippen molar-refractivity contribution in [2.45, 2.75) is 64.4 Å². The van der Waals surface area contributed by atoms with E-state index in [0.717, 1.165) is 36.5 Å². The molecule has 0 heterocycles. The lowest BCUT2D eigenvalue weighted by molar-refractivity contribution is 0.146. The Bertz CT molecular complexity index is 383. The molecule has 2 nitrogen and oxygen atoms in total. The zero-order valence-electron chi connectivity index (χ0n) is 12.7. The standard InChI is InChI=1S/C18H28O2/c1-2-14-20-18-11-7-6-10-16(18)17(19)13-12-15-8-4-3-5-9-15/h6-7,10-11,15,17,19H,2-5,8-9,12-14H2,1H3. The Hall–Kier alpha value is -1.02. The van der Waals surface area contributed by atoms with E-state index in [1.807, 2.05) is 24.3 Å². The summed E-state index contributed by atoms with van der Waals surface area (Å²) in [6.45, 7) is 2.81. The SMILES string of the molecule is CCCOc1ccccc1C(O)CCC1CCCCC1. The fraction of sp³-hybridized carbons (Fsp3) is 0.667. The molecule has 0 amide bonds. The van der Waals surface area contributed by atoms with Crippen LogP contribution in [-0.4, -0.2) is 11.7 Å². The van der Waals surface area contributed by atoms with E-state index in [2.05, 4.69) is 6.92 Å². The van der Waals surface area contributed by atoms with E-state index >= 15 is 0 Å². The minimum absolute atomic E-state index is 0.384. The Morgan fingerprint density at radius 3 is 2.70 bits per heavy atom. The largest absolute Gasteiger partial charge is 0.493 e. The van der Waals surface area contributed by atoms with Crippen molar-refractivity contribution in [1.29, 1.82) is 0 Å². The van der Waals surface area contributed by atoms with Gasteiger partial charge in [-0.3, -0.25) is 0 Å². The molecule has 0 spiro atoms. The van der Waals surface area contributed by atoms with Crippen LogP contribution in [0, 0.1) is 5.92 Å². The van der Waals surface area contributed by atoms with Crippen molar-refractivity contribution in [3.8, 4) is 5.75 Å². The van der Waals surface area contributed by atoms with Gasteiger partial charge in [0.2, 0.25) is 0 Å². The molecule has 0 radical (unpaired) electrons. The monoisotopic (exact) mass is 276 g/mol. The Labute approximate surface area is 123 Å². The number of aliphatic hydroxyl groups is 1. The lowest BCUT2D eigenvalue weighted by atomic mass is 9.85. The van der Waals surface area contributed by atoms with Gasteiger partial charge in [0.1, 0.15) is 5.75 Å². The highest BCUT2D eigenvalue weighted by atomic mass is 16.5. The Balaban J connectivity index is 1.88. The van der Waals surface area contributed by atoms with E-state index in [0.29, 0.717) is 6.61 Å². The number of hydrogen-bond donors (Lipinski definition) is 1. The average molecular weight is 276 g/mol. The highest BCUT2D eigenvalue weighted by Crippen LogP contribution is 2.33. The van der Waals surface area contributed by atoms with Gasteiger partial charge in [-0.15, -0.1) is 0 Å². The molecule has 0 saturated heterocycles. The van der Waals surface area contributed by atoms with Gasteiger partial charge in [-0.05, 0) is 31.2 Å². The summed E-state index contributed by atoms with van der Waals surface area (Å²) < 4.78 is 5.74. The molecule has 2 heteroatoms. The predicted molar refractivity (Wildman–Crippen MR) is 83.0 cm³/mol. The maximum atomic E-state index is 10.5. The number of para-hydroxylation sites is 1. The molecule has 1 fully saturated rings. The van der Waals surface area contributed by atoms with E-state index in [1.54, 1.807) is 0 Å². The maximum Gasteiger partial charge on any atom is 0.125 e. The van der Waals surface area contributed by atoms with Crippen molar-refractivity contribution in [2.75, 3.05) is 6.61 Å². The second-order valence-corrected chi connectivity index (χ2v) is 5.98. The summed E-state index contributed by atoms with van der Waals surface area (Å²) in [6.07, 6.45) is 9.44. The van der Waals surface area contributed by atoms with Gasteiger partial charge in [-0.1, -0.05) is 57.2 Å². The average Bonchev–Trinajstić information content (AvgIpc) is 2.52. The minimum atomic E-state index is -0.384. The zero-order valence-corrected chi connectivity index (χ0v) is 12.7. The van der Waals surface area contributed by atoms with Gasteiger partial charge in [0.25, 0.3) is 0 Å². The minimum Gasteiger partial charge on any atom is -0.493 e. The summed E-state index contributed by atoms with van der Waals surface area (Å²) in [5.74, 6) is 1.67. The Morgan fingerprint density at radius 2 is 1.95 bits per heavy atom. The third-order valence-corrected chi connectivity index (χ3v) is 4.31. The summed E-state index contributed by atoms with van der Waals surface area (Å²) in [7, 11) is 0. The van der Waals surface area contributed by atoms with Crippen LogP contribution in [0.3, 0.4) is 0 Å². The number of hydrogen-bond acceptors (Lipinski definition) is 2. The summed E-state index contributed by atoms with van der Waals surface area (Å²) >= 11 is 0. The third-order valence-electron chi connectivity index (χ3n) is 4.31. The number of benzene rings is 1. The molecule has 0 bridgehead atoms. The maximum absolute atomic E-state index is 10.5. The molecule has 1 N–H and O–H groups in total. The molecule has 0 aromatic heterocycles. The van der Waals surface area contributed by atoms with Gasteiger partial charge in [-0.25, -0.2) is 0 Å². The molecule has 1 unspecified atom stereocenters. The Morgan fingerprint density at radius 1 is 1.20 bits per heavy atom. The van der Waals surface area contributed by atoms with E-state index in [9.17, 15) is 5.11 Å². The predicted octanol–water partition coefficient (Wildman–Crippen LogP) is 4.87. The van der Waals surface area contributed by atoms with Crippen molar-refractivity contribution >= 4 is 0 Å². The molecule has 1 atom stereocenters. The molecule has 20 heavy (non-hydrogen) atoms. The van der Waals surface area contributed by atoms with E-state index in [4.69, 9.17) is 4.74 Å². The van der Waals surface area contributed by atoms with E-state index in [1.165, 1.54) is 32.1 Å². The summed E-state index contributed by atoms with van der Waals surface area (Å²) in [5.41, 5.74) is 0.955. The first-order valence-electron chi connectivity index (χ1n) is 8.21. The van der Waals surface area contributed by atoms with Gasteiger partial charge in [-0.2, -0.15) is 0 Å². The van der Waals surface area contributed by atoms with Gasteiger partial charge >= 0.3 is 0 Å². The van der Waals surface area contributed by atoms with Crippen molar-refractivity contribution in [1.82, 2.24) is 0 Å². The third kappa shape index (κ3) is 4.52. The summed E-state index contributed by atoms with van der Waals surface area (Å²) in [5, 5.41) is 10.5. The highest BCUT2D eigenvalue weighted by molar-refractivity contribution is 5.35. The number of aliphatic hydroxyl groups excluding tert-OH is 1. The van der Waals surface area contributed by atoms with Crippen molar-refractivity contribution in [3.05, 3.63) is 29.8 Å². The van der Waals surface area contributed by atoms with Crippen LogP contribution in [0.15, 0.2) is 24.3 Å². The van der Waals surface area contributed by atoms with Crippen LogP contribution < -0.4 is 4.74 Å². The first-order chi connectivity index (χ1) is 9.81. The first-order valence-corrected chi connectivity index (χ1v) is 8.21. The molecule has 2 rings (SSSR count). The first kappa shape index (κ1) is 15.4. The van der Waals surface area contributed by atoms with E-state index < -0.39 is 0 Å². The fourth-order valence-electron chi connectivity index (χ4n) is 3.12. The van der Waals surface area contributed by atoms with Crippen molar-refractivity contribution < 1.29 is 9.84 Å². The van der Waals surface area contributed by atoms with Gasteiger partial charge in [0.15, 0.2) is 0 Å². The molecule has 0 aliphatic heterocycles. The number of rotatable bonds is 7.